The highest BCUT2D eigenvalue weighted by molar-refractivity contribution is 7.99. The molecule has 1 heterocycles. The van der Waals surface area contributed by atoms with Crippen LogP contribution in [-0.4, -0.2) is 17.8 Å². The summed E-state index contributed by atoms with van der Waals surface area (Å²) < 4.78 is 0. The SMILES string of the molecule is CCCCC(=O)Nc1ccc(C(=O)NNC(=O)N2c3ccccc3Sc3ccccc32)cc1. The average Bonchev–Trinajstić information content (AvgIpc) is 2.84. The summed E-state index contributed by atoms with van der Waals surface area (Å²) in [5.74, 6) is -0.512. The average molecular weight is 461 g/mol. The maximum absolute atomic E-state index is 13.1. The normalized spacial score (nSPS) is 11.7. The van der Waals surface area contributed by atoms with Gasteiger partial charge < -0.3 is 5.32 Å². The van der Waals surface area contributed by atoms with Gasteiger partial charge in [0.25, 0.3) is 5.91 Å². The van der Waals surface area contributed by atoms with Crippen molar-refractivity contribution in [2.24, 2.45) is 0 Å². The van der Waals surface area contributed by atoms with Crippen LogP contribution >= 0.6 is 11.8 Å². The van der Waals surface area contributed by atoms with Crippen LogP contribution in [0.3, 0.4) is 0 Å². The van der Waals surface area contributed by atoms with E-state index in [4.69, 9.17) is 0 Å². The fraction of sp³-hybridized carbons (Fsp3) is 0.160. The summed E-state index contributed by atoms with van der Waals surface area (Å²) in [6.07, 6.45) is 2.24. The molecular formula is C25H24N4O3S. The molecule has 1 aliphatic heterocycles. The molecule has 0 saturated heterocycles. The van der Waals surface area contributed by atoms with E-state index < -0.39 is 11.9 Å². The number of hydrazine groups is 1. The van der Waals surface area contributed by atoms with Crippen molar-refractivity contribution >= 4 is 46.7 Å². The highest BCUT2D eigenvalue weighted by Crippen LogP contribution is 2.47. The Balaban J connectivity index is 1.41. The van der Waals surface area contributed by atoms with Crippen LogP contribution in [-0.2, 0) is 4.79 Å². The Hall–Kier alpha value is -3.78. The smallest absolute Gasteiger partial charge is 0.326 e. The lowest BCUT2D eigenvalue weighted by Gasteiger charge is -2.30. The van der Waals surface area contributed by atoms with Crippen molar-refractivity contribution in [3.05, 3.63) is 78.4 Å². The second-order valence-corrected chi connectivity index (χ2v) is 8.57. The van der Waals surface area contributed by atoms with Gasteiger partial charge in [-0.1, -0.05) is 49.4 Å². The number of hydrogen-bond donors (Lipinski definition) is 3. The molecule has 3 aromatic carbocycles. The van der Waals surface area contributed by atoms with Crippen LogP contribution < -0.4 is 21.1 Å². The summed E-state index contributed by atoms with van der Waals surface area (Å²) in [7, 11) is 0. The third-order valence-corrected chi connectivity index (χ3v) is 6.24. The Morgan fingerprint density at radius 1 is 0.818 bits per heavy atom. The number of nitrogens with zero attached hydrogens (tertiary/aromatic N) is 1. The number of carbonyl (C=O) groups excluding carboxylic acids is 3. The van der Waals surface area contributed by atoms with Crippen molar-refractivity contribution in [2.75, 3.05) is 10.2 Å². The molecule has 0 bridgehead atoms. The molecule has 3 N–H and O–H groups in total. The second-order valence-electron chi connectivity index (χ2n) is 7.49. The number of carbonyl (C=O) groups is 3. The topological polar surface area (TPSA) is 90.5 Å². The molecule has 33 heavy (non-hydrogen) atoms. The van der Waals surface area contributed by atoms with Gasteiger partial charge in [-0.2, -0.15) is 0 Å². The second kappa shape index (κ2) is 10.2. The van der Waals surface area contributed by atoms with Crippen molar-refractivity contribution in [2.45, 2.75) is 36.0 Å². The van der Waals surface area contributed by atoms with Crippen LogP contribution in [0.25, 0.3) is 0 Å². The first kappa shape index (κ1) is 22.4. The van der Waals surface area contributed by atoms with E-state index >= 15 is 0 Å². The van der Waals surface area contributed by atoms with E-state index in [1.54, 1.807) is 40.9 Å². The van der Waals surface area contributed by atoms with Crippen LogP contribution in [0.4, 0.5) is 21.9 Å². The minimum absolute atomic E-state index is 0.0541. The molecule has 0 unspecified atom stereocenters. The predicted molar refractivity (Wildman–Crippen MR) is 130 cm³/mol. The molecule has 0 aromatic heterocycles. The van der Waals surface area contributed by atoms with Crippen molar-refractivity contribution in [1.82, 2.24) is 10.9 Å². The maximum atomic E-state index is 13.1. The van der Waals surface area contributed by atoms with Crippen molar-refractivity contribution < 1.29 is 14.4 Å². The summed E-state index contributed by atoms with van der Waals surface area (Å²) >= 11 is 1.60. The largest absolute Gasteiger partial charge is 0.345 e. The van der Waals surface area contributed by atoms with E-state index in [9.17, 15) is 14.4 Å². The Morgan fingerprint density at radius 3 is 2.03 bits per heavy atom. The number of fused-ring (bicyclic) bond motifs is 2. The molecule has 1 aliphatic rings. The zero-order valence-corrected chi connectivity index (χ0v) is 18.9. The molecule has 0 saturated carbocycles. The Labute approximate surface area is 196 Å². The molecule has 0 aliphatic carbocycles. The summed E-state index contributed by atoms with van der Waals surface area (Å²) in [6.45, 7) is 2.03. The lowest BCUT2D eigenvalue weighted by Crippen LogP contribution is -2.48. The standard InChI is InChI=1S/C25H24N4O3S/c1-2-3-12-23(30)26-18-15-13-17(14-16-18)24(31)27-28-25(32)29-19-8-4-6-10-21(19)33-22-11-7-5-9-20(22)29/h4-11,13-16H,2-3,12H2,1H3,(H,26,30)(H,27,31)(H,28,32). The van der Waals surface area contributed by atoms with Crippen LogP contribution in [0, 0.1) is 0 Å². The minimum Gasteiger partial charge on any atom is -0.326 e. The number of para-hydroxylation sites is 2. The molecule has 0 fully saturated rings. The third-order valence-electron chi connectivity index (χ3n) is 5.11. The fourth-order valence-electron chi connectivity index (χ4n) is 3.43. The Morgan fingerprint density at radius 2 is 1.42 bits per heavy atom. The molecule has 4 amide bonds. The van der Waals surface area contributed by atoms with Crippen LogP contribution in [0.1, 0.15) is 36.5 Å². The first-order valence-corrected chi connectivity index (χ1v) is 11.5. The first-order valence-electron chi connectivity index (χ1n) is 10.7. The molecule has 8 heteroatoms. The summed E-state index contributed by atoms with van der Waals surface area (Å²) in [5, 5.41) is 2.81. The molecule has 0 spiro atoms. The molecule has 168 valence electrons. The van der Waals surface area contributed by atoms with E-state index in [1.807, 2.05) is 55.5 Å². The number of hydrogen-bond acceptors (Lipinski definition) is 4. The van der Waals surface area contributed by atoms with Gasteiger partial charge in [0.1, 0.15) is 0 Å². The number of rotatable bonds is 5. The third kappa shape index (κ3) is 5.18. The Bertz CT molecular complexity index is 1130. The molecule has 4 rings (SSSR count). The van der Waals surface area contributed by atoms with Crippen molar-refractivity contribution in [1.29, 1.82) is 0 Å². The number of anilines is 3. The number of unbranched alkanes of at least 4 members (excludes halogenated alkanes) is 1. The summed E-state index contributed by atoms with van der Waals surface area (Å²) in [4.78, 5) is 40.9. The van der Waals surface area contributed by atoms with E-state index in [-0.39, 0.29) is 5.91 Å². The highest BCUT2D eigenvalue weighted by atomic mass is 32.2. The van der Waals surface area contributed by atoms with Crippen LogP contribution in [0.2, 0.25) is 0 Å². The number of nitrogens with one attached hydrogen (secondary N) is 3. The van der Waals surface area contributed by atoms with Crippen molar-refractivity contribution in [3.63, 3.8) is 0 Å². The van der Waals surface area contributed by atoms with E-state index in [0.717, 1.165) is 34.0 Å². The Kier molecular flexibility index (Phi) is 6.95. The molecule has 7 nitrogen and oxygen atoms in total. The van der Waals surface area contributed by atoms with E-state index in [0.29, 0.717) is 17.7 Å². The molecule has 0 radical (unpaired) electrons. The van der Waals surface area contributed by atoms with E-state index in [1.165, 1.54) is 0 Å². The lowest BCUT2D eigenvalue weighted by molar-refractivity contribution is -0.116. The predicted octanol–water partition coefficient (Wildman–Crippen LogP) is 5.47. The summed E-state index contributed by atoms with van der Waals surface area (Å²) in [6, 6.07) is 21.3. The quantitative estimate of drug-likeness (QED) is 0.440. The molecular weight excluding hydrogens is 436 g/mol. The maximum Gasteiger partial charge on any atom is 0.345 e. The fourth-order valence-corrected chi connectivity index (χ4v) is 4.49. The van der Waals surface area contributed by atoms with Crippen molar-refractivity contribution in [3.8, 4) is 0 Å². The van der Waals surface area contributed by atoms with Gasteiger partial charge in [0.2, 0.25) is 5.91 Å². The molecule has 3 aromatic rings. The van der Waals surface area contributed by atoms with Gasteiger partial charge in [-0.25, -0.2) is 10.2 Å². The van der Waals surface area contributed by atoms with Crippen LogP contribution in [0.5, 0.6) is 0 Å². The first-order chi connectivity index (χ1) is 16.1. The molecule has 0 atom stereocenters. The van der Waals surface area contributed by atoms with Gasteiger partial charge in [0.05, 0.1) is 11.4 Å². The van der Waals surface area contributed by atoms with Gasteiger partial charge in [-0.3, -0.25) is 19.9 Å². The monoisotopic (exact) mass is 460 g/mol. The zero-order valence-electron chi connectivity index (χ0n) is 18.1. The van der Waals surface area contributed by atoms with Gasteiger partial charge >= 0.3 is 6.03 Å². The van der Waals surface area contributed by atoms with Gasteiger partial charge in [0, 0.05) is 27.5 Å². The summed E-state index contributed by atoms with van der Waals surface area (Å²) in [5.41, 5.74) is 7.45. The number of benzene rings is 3. The number of amides is 4. The van der Waals surface area contributed by atoms with Gasteiger partial charge in [0.15, 0.2) is 0 Å². The van der Waals surface area contributed by atoms with Crippen LogP contribution in [0.15, 0.2) is 82.6 Å². The minimum atomic E-state index is -0.469. The van der Waals surface area contributed by atoms with E-state index in [2.05, 4.69) is 16.2 Å². The van der Waals surface area contributed by atoms with Gasteiger partial charge in [-0.15, -0.1) is 0 Å². The number of urea groups is 1. The lowest BCUT2D eigenvalue weighted by atomic mass is 10.2. The van der Waals surface area contributed by atoms with Gasteiger partial charge in [-0.05, 0) is 55.0 Å². The zero-order chi connectivity index (χ0) is 23.2. The highest BCUT2D eigenvalue weighted by Gasteiger charge is 2.28.